The Hall–Kier alpha value is -3.67. The number of hydrogen-bond acceptors (Lipinski definition) is 3. The van der Waals surface area contributed by atoms with Crippen LogP contribution in [0.2, 0.25) is 0 Å². The number of anilines is 1. The molecule has 6 nitrogen and oxygen atoms in total. The summed E-state index contributed by atoms with van der Waals surface area (Å²) in [5.74, 6) is -1.33. The van der Waals surface area contributed by atoms with Crippen LogP contribution >= 0.6 is 0 Å². The lowest BCUT2D eigenvalue weighted by Crippen LogP contribution is -2.54. The van der Waals surface area contributed by atoms with Gasteiger partial charge in [-0.2, -0.15) is 0 Å². The van der Waals surface area contributed by atoms with Crippen LogP contribution in [0.15, 0.2) is 60.3 Å². The Balaban J connectivity index is 1.82. The molecule has 4 rings (SSSR count). The number of benzene rings is 2. The zero-order valence-electron chi connectivity index (χ0n) is 16.5. The molecule has 0 atom stereocenters. The Kier molecular flexibility index (Phi) is 4.54. The number of carbonyl (C=O) groups excluding carboxylic acids is 3. The highest BCUT2D eigenvalue weighted by molar-refractivity contribution is 6.39. The van der Waals surface area contributed by atoms with Gasteiger partial charge in [0.2, 0.25) is 0 Å². The SMILES string of the molecule is Cc1ccc(N2C(=O)NC(=O)/C(=C\c3cn(C(C)C)c4ccccc34)C2=O)cc1. The summed E-state index contributed by atoms with van der Waals surface area (Å²) in [6.45, 7) is 6.06. The monoisotopic (exact) mass is 387 g/mol. The second-order valence-electron chi connectivity index (χ2n) is 7.40. The van der Waals surface area contributed by atoms with E-state index in [1.54, 1.807) is 18.2 Å². The highest BCUT2D eigenvalue weighted by Crippen LogP contribution is 2.28. The number of amides is 4. The molecule has 0 bridgehead atoms. The minimum Gasteiger partial charge on any atom is -0.344 e. The Bertz CT molecular complexity index is 1170. The van der Waals surface area contributed by atoms with Crippen molar-refractivity contribution in [1.29, 1.82) is 0 Å². The maximum absolute atomic E-state index is 13.1. The Morgan fingerprint density at radius 2 is 1.66 bits per heavy atom. The first-order chi connectivity index (χ1) is 13.9. The fraction of sp³-hybridized carbons (Fsp3) is 0.174. The van der Waals surface area contributed by atoms with Crippen molar-refractivity contribution < 1.29 is 14.4 Å². The Morgan fingerprint density at radius 3 is 2.34 bits per heavy atom. The summed E-state index contributed by atoms with van der Waals surface area (Å²) in [5.41, 5.74) is 3.13. The van der Waals surface area contributed by atoms with Crippen LogP contribution in [0.1, 0.15) is 31.0 Å². The van der Waals surface area contributed by atoms with E-state index in [9.17, 15) is 14.4 Å². The number of hydrogen-bond donors (Lipinski definition) is 1. The number of aromatic nitrogens is 1. The predicted octanol–water partition coefficient (Wildman–Crippen LogP) is 4.20. The standard InChI is InChI=1S/C23H21N3O3/c1-14(2)25-13-16(18-6-4-5-7-20(18)25)12-19-21(27)24-23(29)26(22(19)28)17-10-8-15(3)9-11-17/h4-14H,1-3H3,(H,24,27,29)/b19-12+. The Labute approximate surface area is 168 Å². The van der Waals surface area contributed by atoms with E-state index in [1.165, 1.54) is 0 Å². The lowest BCUT2D eigenvalue weighted by Gasteiger charge is -2.26. The molecule has 4 amide bonds. The molecule has 0 spiro atoms. The van der Waals surface area contributed by atoms with Crippen molar-refractivity contribution in [2.45, 2.75) is 26.8 Å². The van der Waals surface area contributed by atoms with Gasteiger partial charge in [0.1, 0.15) is 5.57 Å². The second kappa shape index (κ2) is 7.05. The molecule has 0 radical (unpaired) electrons. The van der Waals surface area contributed by atoms with Crippen LogP contribution in [0, 0.1) is 6.92 Å². The van der Waals surface area contributed by atoms with Gasteiger partial charge < -0.3 is 4.57 Å². The molecule has 1 saturated heterocycles. The average molecular weight is 387 g/mol. The number of nitrogens with zero attached hydrogens (tertiary/aromatic N) is 2. The first-order valence-electron chi connectivity index (χ1n) is 9.44. The number of imide groups is 2. The number of urea groups is 1. The van der Waals surface area contributed by atoms with Crippen LogP contribution in [0.4, 0.5) is 10.5 Å². The largest absolute Gasteiger partial charge is 0.344 e. The summed E-state index contributed by atoms with van der Waals surface area (Å²) in [4.78, 5) is 38.9. The van der Waals surface area contributed by atoms with Gasteiger partial charge in [0.25, 0.3) is 11.8 Å². The zero-order valence-corrected chi connectivity index (χ0v) is 16.5. The van der Waals surface area contributed by atoms with Gasteiger partial charge in [-0.3, -0.25) is 14.9 Å². The molecule has 1 aliphatic rings. The van der Waals surface area contributed by atoms with E-state index in [1.807, 2.05) is 49.5 Å². The number of fused-ring (bicyclic) bond motifs is 1. The lowest BCUT2D eigenvalue weighted by atomic mass is 10.1. The van der Waals surface area contributed by atoms with E-state index in [2.05, 4.69) is 23.7 Å². The Morgan fingerprint density at radius 1 is 0.966 bits per heavy atom. The zero-order chi connectivity index (χ0) is 20.7. The normalized spacial score (nSPS) is 16.2. The van der Waals surface area contributed by atoms with Crippen LogP contribution in [0.25, 0.3) is 17.0 Å². The molecule has 0 saturated carbocycles. The highest BCUT2D eigenvalue weighted by atomic mass is 16.2. The third kappa shape index (κ3) is 3.23. The first kappa shape index (κ1) is 18.7. The molecule has 1 fully saturated rings. The van der Waals surface area contributed by atoms with Crippen molar-refractivity contribution in [2.75, 3.05) is 4.90 Å². The topological polar surface area (TPSA) is 71.4 Å². The van der Waals surface area contributed by atoms with Crippen LogP contribution in [0.5, 0.6) is 0 Å². The minimum absolute atomic E-state index is 0.0724. The van der Waals surface area contributed by atoms with Gasteiger partial charge in [0, 0.05) is 28.7 Å². The van der Waals surface area contributed by atoms with Gasteiger partial charge in [0.05, 0.1) is 5.69 Å². The molecule has 1 aromatic heterocycles. The number of carbonyl (C=O) groups is 3. The first-order valence-corrected chi connectivity index (χ1v) is 9.44. The molecular formula is C23H21N3O3. The van der Waals surface area contributed by atoms with E-state index in [4.69, 9.17) is 0 Å². The van der Waals surface area contributed by atoms with Crippen LogP contribution < -0.4 is 10.2 Å². The van der Waals surface area contributed by atoms with E-state index < -0.39 is 17.8 Å². The summed E-state index contributed by atoms with van der Waals surface area (Å²) in [6, 6.07) is 14.3. The van der Waals surface area contributed by atoms with Crippen molar-refractivity contribution in [3.8, 4) is 0 Å². The number of barbiturate groups is 1. The smallest absolute Gasteiger partial charge is 0.335 e. The fourth-order valence-electron chi connectivity index (χ4n) is 3.52. The molecule has 3 aromatic rings. The van der Waals surface area contributed by atoms with Crippen molar-refractivity contribution >= 4 is 40.5 Å². The summed E-state index contributed by atoms with van der Waals surface area (Å²) in [7, 11) is 0. The third-order valence-electron chi connectivity index (χ3n) is 5.02. The molecule has 29 heavy (non-hydrogen) atoms. The summed E-state index contributed by atoms with van der Waals surface area (Å²) in [6.07, 6.45) is 3.49. The summed E-state index contributed by atoms with van der Waals surface area (Å²) in [5, 5.41) is 3.21. The van der Waals surface area contributed by atoms with Gasteiger partial charge >= 0.3 is 6.03 Å². The molecule has 1 N–H and O–H groups in total. The number of nitrogens with one attached hydrogen (secondary N) is 1. The van der Waals surface area contributed by atoms with Gasteiger partial charge in [-0.1, -0.05) is 35.9 Å². The van der Waals surface area contributed by atoms with E-state index >= 15 is 0 Å². The number of rotatable bonds is 3. The van der Waals surface area contributed by atoms with Crippen molar-refractivity contribution in [2.24, 2.45) is 0 Å². The maximum atomic E-state index is 13.1. The highest BCUT2D eigenvalue weighted by Gasteiger charge is 2.37. The predicted molar refractivity (Wildman–Crippen MR) is 113 cm³/mol. The maximum Gasteiger partial charge on any atom is 0.335 e. The molecule has 1 aliphatic heterocycles. The van der Waals surface area contributed by atoms with E-state index in [0.717, 1.165) is 26.9 Å². The summed E-state index contributed by atoms with van der Waals surface area (Å²) >= 11 is 0. The lowest BCUT2D eigenvalue weighted by molar-refractivity contribution is -0.122. The molecular weight excluding hydrogens is 366 g/mol. The van der Waals surface area contributed by atoms with Crippen molar-refractivity contribution in [3.05, 3.63) is 71.4 Å². The quantitative estimate of drug-likeness (QED) is 0.541. The number of aryl methyl sites for hydroxylation is 1. The molecule has 0 aliphatic carbocycles. The molecule has 2 aromatic carbocycles. The van der Waals surface area contributed by atoms with Crippen molar-refractivity contribution in [1.82, 2.24) is 9.88 Å². The van der Waals surface area contributed by atoms with Gasteiger partial charge in [0.15, 0.2) is 0 Å². The van der Waals surface area contributed by atoms with Crippen LogP contribution in [0.3, 0.4) is 0 Å². The van der Waals surface area contributed by atoms with Gasteiger partial charge in [-0.25, -0.2) is 9.69 Å². The number of para-hydroxylation sites is 1. The van der Waals surface area contributed by atoms with Crippen LogP contribution in [-0.4, -0.2) is 22.4 Å². The molecule has 6 heteroatoms. The fourth-order valence-corrected chi connectivity index (χ4v) is 3.52. The molecule has 0 unspecified atom stereocenters. The van der Waals surface area contributed by atoms with E-state index in [-0.39, 0.29) is 11.6 Å². The van der Waals surface area contributed by atoms with Crippen molar-refractivity contribution in [3.63, 3.8) is 0 Å². The molecule has 146 valence electrons. The molecule has 2 heterocycles. The van der Waals surface area contributed by atoms with E-state index in [0.29, 0.717) is 5.69 Å². The van der Waals surface area contributed by atoms with Crippen LogP contribution in [-0.2, 0) is 9.59 Å². The second-order valence-corrected chi connectivity index (χ2v) is 7.40. The summed E-state index contributed by atoms with van der Waals surface area (Å²) < 4.78 is 2.09. The van der Waals surface area contributed by atoms with Gasteiger partial charge in [-0.05, 0) is 45.0 Å². The minimum atomic E-state index is -0.745. The van der Waals surface area contributed by atoms with Gasteiger partial charge in [-0.15, -0.1) is 0 Å². The third-order valence-corrected chi connectivity index (χ3v) is 5.02. The average Bonchev–Trinajstić information content (AvgIpc) is 3.05.